The van der Waals surface area contributed by atoms with Crippen molar-refractivity contribution in [2.24, 2.45) is 0 Å². The van der Waals surface area contributed by atoms with Gasteiger partial charge >= 0.3 is 0 Å². The largest absolute Gasteiger partial charge is 0.497 e. The molecule has 3 heterocycles. The Morgan fingerprint density at radius 3 is 2.34 bits per heavy atom. The van der Waals surface area contributed by atoms with Gasteiger partial charge in [0.05, 0.1) is 17.7 Å². The van der Waals surface area contributed by atoms with Crippen molar-refractivity contribution in [3.8, 4) is 17.0 Å². The second-order valence-corrected chi connectivity index (χ2v) is 12.7. The highest BCUT2D eigenvalue weighted by atomic mass is 32.2. The fourth-order valence-electron chi connectivity index (χ4n) is 5.41. The number of likely N-dealkylation sites (N-methyl/N-ethyl adjacent to an activating group) is 1. The minimum absolute atomic E-state index is 0.157. The van der Waals surface area contributed by atoms with Gasteiger partial charge in [-0.15, -0.1) is 0 Å². The Hall–Kier alpha value is -4.45. The summed E-state index contributed by atoms with van der Waals surface area (Å²) in [5.41, 5.74) is 4.28. The molecule has 3 aromatic carbocycles. The summed E-state index contributed by atoms with van der Waals surface area (Å²) in [6.07, 6.45) is 4.85. The molecule has 11 heteroatoms. The zero-order chi connectivity index (χ0) is 30.5. The van der Waals surface area contributed by atoms with Gasteiger partial charge in [0.2, 0.25) is 0 Å². The maximum Gasteiger partial charge on any atom is 0.261 e. The van der Waals surface area contributed by atoms with Gasteiger partial charge < -0.3 is 24.4 Å². The van der Waals surface area contributed by atoms with E-state index in [1.165, 1.54) is 30.1 Å². The van der Waals surface area contributed by atoms with Crippen LogP contribution in [0.2, 0.25) is 0 Å². The zero-order valence-electron chi connectivity index (χ0n) is 25.0. The number of nitrogens with zero attached hydrogens (tertiary/aromatic N) is 5. The second-order valence-electron chi connectivity index (χ2n) is 11.1. The van der Waals surface area contributed by atoms with Gasteiger partial charge in [0.25, 0.3) is 10.0 Å². The Labute approximate surface area is 258 Å². The van der Waals surface area contributed by atoms with E-state index in [4.69, 9.17) is 4.74 Å². The number of methoxy groups -OCH3 is 1. The topological polar surface area (TPSA) is 105 Å². The molecule has 0 atom stereocenters. The van der Waals surface area contributed by atoms with E-state index in [9.17, 15) is 8.42 Å². The molecule has 1 aliphatic heterocycles. The summed E-state index contributed by atoms with van der Waals surface area (Å²) in [4.78, 5) is 14.0. The molecule has 6 rings (SSSR count). The number of aryl methyl sites for hydroxylation is 1. The van der Waals surface area contributed by atoms with Crippen LogP contribution < -0.4 is 14.8 Å². The molecular formula is C33H37N7O3S. The van der Waals surface area contributed by atoms with E-state index in [1.54, 1.807) is 42.7 Å². The maximum atomic E-state index is 12.8. The molecule has 1 aliphatic rings. The lowest BCUT2D eigenvalue weighted by atomic mass is 10.1. The first-order valence-corrected chi connectivity index (χ1v) is 16.2. The molecular weight excluding hydrogens is 574 g/mol. The van der Waals surface area contributed by atoms with Gasteiger partial charge in [-0.05, 0) is 86.7 Å². The van der Waals surface area contributed by atoms with Crippen LogP contribution in [0.1, 0.15) is 6.42 Å². The predicted molar refractivity (Wildman–Crippen MR) is 175 cm³/mol. The van der Waals surface area contributed by atoms with Gasteiger partial charge in [0.15, 0.2) is 0 Å². The number of hydrogen-bond acceptors (Lipinski definition) is 8. The van der Waals surface area contributed by atoms with Crippen LogP contribution in [0.25, 0.3) is 22.2 Å². The summed E-state index contributed by atoms with van der Waals surface area (Å²) < 4.78 is 35.6. The first-order valence-electron chi connectivity index (χ1n) is 14.7. The number of sulfonamides is 1. The van der Waals surface area contributed by atoms with Crippen LogP contribution in [0.5, 0.6) is 5.75 Å². The van der Waals surface area contributed by atoms with E-state index < -0.39 is 10.0 Å². The molecule has 0 bridgehead atoms. The summed E-state index contributed by atoms with van der Waals surface area (Å²) in [7, 11) is 0.00472. The van der Waals surface area contributed by atoms with Gasteiger partial charge in [-0.2, -0.15) is 0 Å². The van der Waals surface area contributed by atoms with Crippen LogP contribution >= 0.6 is 0 Å². The lowest BCUT2D eigenvalue weighted by Crippen LogP contribution is -2.44. The van der Waals surface area contributed by atoms with Crippen LogP contribution in [0.4, 0.5) is 17.2 Å². The summed E-state index contributed by atoms with van der Waals surface area (Å²) in [5, 5.41) is 4.47. The molecule has 0 amide bonds. The molecule has 0 aliphatic carbocycles. The average Bonchev–Trinajstić information content (AvgIpc) is 3.45. The first-order chi connectivity index (χ1) is 21.4. The van der Waals surface area contributed by atoms with Crippen molar-refractivity contribution >= 4 is 38.1 Å². The summed E-state index contributed by atoms with van der Waals surface area (Å²) in [5.74, 6) is 1.23. The Bertz CT molecular complexity index is 1820. The van der Waals surface area contributed by atoms with E-state index in [-0.39, 0.29) is 4.90 Å². The van der Waals surface area contributed by atoms with E-state index in [1.807, 2.05) is 6.07 Å². The third kappa shape index (κ3) is 7.02. The number of piperazine rings is 1. The Morgan fingerprint density at radius 2 is 1.59 bits per heavy atom. The van der Waals surface area contributed by atoms with Crippen molar-refractivity contribution in [2.75, 3.05) is 56.9 Å². The molecule has 0 unspecified atom stereocenters. The number of hydrogen-bond donors (Lipinski definition) is 2. The standard InChI is InChI=1S/C33H37N7O3S/c1-38-18-20-39(21-19-38)15-3-16-40-17-14-26-22-25(4-13-32(26)40)31-23-33(35-24-34-31)36-27-5-7-28(8-6-27)37-44(41,42)30-11-9-29(43-2)10-12-30/h4-14,17,22-24,37H,3,15-16,18-21H2,1-2H3,(H,34,35,36). The summed E-state index contributed by atoms with van der Waals surface area (Å²) in [6.45, 7) is 6.73. The molecule has 228 valence electrons. The van der Waals surface area contributed by atoms with E-state index in [0.717, 1.165) is 62.6 Å². The highest BCUT2D eigenvalue weighted by molar-refractivity contribution is 7.92. The minimum Gasteiger partial charge on any atom is -0.497 e. The van der Waals surface area contributed by atoms with E-state index >= 15 is 0 Å². The lowest BCUT2D eigenvalue weighted by Gasteiger charge is -2.32. The van der Waals surface area contributed by atoms with Crippen molar-refractivity contribution in [3.05, 3.63) is 91.4 Å². The molecule has 44 heavy (non-hydrogen) atoms. The normalized spacial score (nSPS) is 14.5. The average molecular weight is 612 g/mol. The van der Waals surface area contributed by atoms with Gasteiger partial charge in [-0.1, -0.05) is 6.07 Å². The molecule has 0 radical (unpaired) electrons. The van der Waals surface area contributed by atoms with Crippen LogP contribution in [0, 0.1) is 0 Å². The number of rotatable bonds is 11. The fraction of sp³-hybridized carbons (Fsp3) is 0.273. The second kappa shape index (κ2) is 13.0. The molecule has 10 nitrogen and oxygen atoms in total. The molecule has 5 aromatic rings. The first kappa shape index (κ1) is 29.6. The number of benzene rings is 3. The number of aromatic nitrogens is 3. The van der Waals surface area contributed by atoms with Crippen molar-refractivity contribution in [1.82, 2.24) is 24.3 Å². The molecule has 1 fully saturated rings. The highest BCUT2D eigenvalue weighted by Crippen LogP contribution is 2.27. The van der Waals surface area contributed by atoms with Gasteiger partial charge in [0.1, 0.15) is 17.9 Å². The highest BCUT2D eigenvalue weighted by Gasteiger charge is 2.15. The maximum absolute atomic E-state index is 12.8. The molecule has 1 saturated heterocycles. The van der Waals surface area contributed by atoms with Crippen molar-refractivity contribution in [1.29, 1.82) is 0 Å². The molecule has 2 N–H and O–H groups in total. The van der Waals surface area contributed by atoms with E-state index in [0.29, 0.717) is 17.3 Å². The van der Waals surface area contributed by atoms with Crippen LogP contribution in [0.3, 0.4) is 0 Å². The lowest BCUT2D eigenvalue weighted by molar-refractivity contribution is 0.151. The van der Waals surface area contributed by atoms with Crippen LogP contribution in [-0.4, -0.2) is 79.6 Å². The monoisotopic (exact) mass is 611 g/mol. The molecule has 2 aromatic heterocycles. The number of fused-ring (bicyclic) bond motifs is 1. The van der Waals surface area contributed by atoms with E-state index in [2.05, 4.69) is 71.9 Å². The molecule has 0 spiro atoms. The van der Waals surface area contributed by atoms with Crippen molar-refractivity contribution < 1.29 is 13.2 Å². The SMILES string of the molecule is COc1ccc(S(=O)(=O)Nc2ccc(Nc3cc(-c4ccc5c(ccn5CCCN5CCN(C)CC5)c4)ncn3)cc2)cc1. The van der Waals surface area contributed by atoms with Gasteiger partial charge in [-0.25, -0.2) is 18.4 Å². The van der Waals surface area contributed by atoms with Crippen molar-refractivity contribution in [3.63, 3.8) is 0 Å². The van der Waals surface area contributed by atoms with Crippen LogP contribution in [0.15, 0.2) is 96.3 Å². The summed E-state index contributed by atoms with van der Waals surface area (Å²) in [6, 6.07) is 23.8. The summed E-state index contributed by atoms with van der Waals surface area (Å²) >= 11 is 0. The van der Waals surface area contributed by atoms with Crippen molar-refractivity contribution in [2.45, 2.75) is 17.9 Å². The molecule has 0 saturated carbocycles. The van der Waals surface area contributed by atoms with Crippen LogP contribution in [-0.2, 0) is 16.6 Å². The number of nitrogens with one attached hydrogen (secondary N) is 2. The predicted octanol–water partition coefficient (Wildman–Crippen LogP) is 5.29. The Balaban J connectivity index is 1.08. The number of anilines is 3. The Morgan fingerprint density at radius 1 is 0.841 bits per heavy atom. The quantitative estimate of drug-likeness (QED) is 0.208. The zero-order valence-corrected chi connectivity index (χ0v) is 25.8. The smallest absolute Gasteiger partial charge is 0.261 e. The fourth-order valence-corrected chi connectivity index (χ4v) is 6.47. The number of ether oxygens (including phenoxy) is 1. The van der Waals surface area contributed by atoms with Gasteiger partial charge in [-0.3, -0.25) is 4.72 Å². The third-order valence-corrected chi connectivity index (χ3v) is 9.38. The third-order valence-electron chi connectivity index (χ3n) is 7.98. The van der Waals surface area contributed by atoms with Gasteiger partial charge in [0, 0.05) is 72.8 Å². The Kier molecular flexibility index (Phi) is 8.78. The minimum atomic E-state index is -3.72.